The highest BCUT2D eigenvalue weighted by atomic mass is 16.6. The number of nitrogens with two attached hydrogens (primary N) is 1. The van der Waals surface area contributed by atoms with Crippen LogP contribution in [0.4, 0.5) is 4.79 Å². The first-order valence-corrected chi connectivity index (χ1v) is 5.93. The number of carboxylic acids is 2. The fourth-order valence-electron chi connectivity index (χ4n) is 0.988. The van der Waals surface area contributed by atoms with Crippen LogP contribution in [-0.2, 0) is 14.3 Å². The van der Waals surface area contributed by atoms with E-state index in [1.165, 1.54) is 10.9 Å². The fraction of sp³-hybridized carbons (Fsp3) is 0.500. The van der Waals surface area contributed by atoms with Gasteiger partial charge in [0.1, 0.15) is 11.9 Å². The normalized spacial score (nSPS) is 11.9. The number of hydrogen-bond acceptors (Lipinski definition) is 6. The predicted molar refractivity (Wildman–Crippen MR) is 71.7 cm³/mol. The van der Waals surface area contributed by atoms with Crippen LogP contribution in [0, 0.1) is 0 Å². The minimum atomic E-state index is -1.82. The molecule has 1 heterocycles. The number of nitrogens with zero attached hydrogens (tertiary/aromatic N) is 2. The zero-order valence-corrected chi connectivity index (χ0v) is 12.2. The van der Waals surface area contributed by atoms with Crippen LogP contribution >= 0.6 is 0 Å². The minimum Gasteiger partial charge on any atom is -0.473 e. The quantitative estimate of drug-likeness (QED) is 0.647. The first kappa shape index (κ1) is 18.6. The zero-order valence-electron chi connectivity index (χ0n) is 12.2. The van der Waals surface area contributed by atoms with Crippen LogP contribution < -0.4 is 5.73 Å². The molecule has 1 atom stereocenters. The summed E-state index contributed by atoms with van der Waals surface area (Å²) in [5.74, 6) is -3.65. The lowest BCUT2D eigenvalue weighted by Crippen LogP contribution is -2.26. The molecule has 0 saturated heterocycles. The third kappa shape index (κ3) is 7.67. The maximum absolute atomic E-state index is 11.6. The second-order valence-electron chi connectivity index (χ2n) is 5.09. The first-order chi connectivity index (χ1) is 9.44. The van der Waals surface area contributed by atoms with E-state index in [0.717, 1.165) is 0 Å². The van der Waals surface area contributed by atoms with Crippen molar-refractivity contribution in [3.8, 4) is 0 Å². The average molecular weight is 301 g/mol. The molecular weight excluding hydrogens is 282 g/mol. The number of imidazole rings is 1. The number of carbonyl (C=O) groups is 3. The summed E-state index contributed by atoms with van der Waals surface area (Å²) in [6.45, 7) is 7.25. The molecule has 0 aliphatic heterocycles. The second-order valence-corrected chi connectivity index (χ2v) is 5.09. The van der Waals surface area contributed by atoms with Gasteiger partial charge < -0.3 is 20.7 Å². The number of carbonyl (C=O) groups excluding carboxylic acids is 1. The van der Waals surface area contributed by atoms with Gasteiger partial charge in [-0.15, -0.1) is 0 Å². The molecule has 21 heavy (non-hydrogen) atoms. The smallest absolute Gasteiger partial charge is 0.419 e. The largest absolute Gasteiger partial charge is 0.473 e. The molecule has 4 N–H and O–H groups in total. The van der Waals surface area contributed by atoms with Crippen molar-refractivity contribution in [2.75, 3.05) is 0 Å². The summed E-state index contributed by atoms with van der Waals surface area (Å²) in [4.78, 5) is 33.8. The molecule has 118 valence electrons. The van der Waals surface area contributed by atoms with E-state index in [1.54, 1.807) is 6.20 Å². The van der Waals surface area contributed by atoms with Crippen molar-refractivity contribution in [1.82, 2.24) is 9.55 Å². The molecule has 0 aliphatic carbocycles. The Kier molecular flexibility index (Phi) is 6.53. The number of carboxylic acid groups (broad SMARTS) is 2. The molecule has 1 aromatic rings. The highest BCUT2D eigenvalue weighted by Gasteiger charge is 2.18. The maximum Gasteiger partial charge on any atom is 0.419 e. The monoisotopic (exact) mass is 301 g/mol. The van der Waals surface area contributed by atoms with Crippen LogP contribution in [0.25, 0.3) is 0 Å². The van der Waals surface area contributed by atoms with Gasteiger partial charge in [0.25, 0.3) is 0 Å². The van der Waals surface area contributed by atoms with Gasteiger partial charge in [0.2, 0.25) is 0 Å². The summed E-state index contributed by atoms with van der Waals surface area (Å²) in [5, 5.41) is 14.8. The Morgan fingerprint density at radius 1 is 1.29 bits per heavy atom. The van der Waals surface area contributed by atoms with Crippen LogP contribution in [0.2, 0.25) is 0 Å². The van der Waals surface area contributed by atoms with E-state index in [1.807, 2.05) is 27.7 Å². The number of hydrogen-bond donors (Lipinski definition) is 3. The van der Waals surface area contributed by atoms with Crippen molar-refractivity contribution in [2.24, 2.45) is 5.73 Å². The van der Waals surface area contributed by atoms with Crippen molar-refractivity contribution in [3.05, 3.63) is 18.2 Å². The lowest BCUT2D eigenvalue weighted by molar-refractivity contribution is -0.159. The summed E-state index contributed by atoms with van der Waals surface area (Å²) < 4.78 is 6.46. The molecule has 0 bridgehead atoms. The molecule has 9 nitrogen and oxygen atoms in total. The van der Waals surface area contributed by atoms with Gasteiger partial charge in [-0.2, -0.15) is 0 Å². The minimum absolute atomic E-state index is 0.186. The predicted octanol–water partition coefficient (Wildman–Crippen LogP) is 0.842. The molecule has 0 saturated carbocycles. The highest BCUT2D eigenvalue weighted by molar-refractivity contribution is 6.27. The van der Waals surface area contributed by atoms with Crippen LogP contribution in [0.5, 0.6) is 0 Å². The fourth-order valence-corrected chi connectivity index (χ4v) is 0.988. The van der Waals surface area contributed by atoms with Crippen LogP contribution in [0.15, 0.2) is 12.5 Å². The van der Waals surface area contributed by atoms with Gasteiger partial charge in [-0.1, -0.05) is 0 Å². The first-order valence-electron chi connectivity index (χ1n) is 5.93. The van der Waals surface area contributed by atoms with E-state index in [2.05, 4.69) is 4.98 Å². The van der Waals surface area contributed by atoms with E-state index in [9.17, 15) is 4.79 Å². The summed E-state index contributed by atoms with van der Waals surface area (Å²) in [6, 6.07) is -0.186. The van der Waals surface area contributed by atoms with Gasteiger partial charge in [0, 0.05) is 12.2 Å². The Balaban J connectivity index is 0.000000567. The maximum atomic E-state index is 11.6. The van der Waals surface area contributed by atoms with Crippen LogP contribution in [0.1, 0.15) is 39.4 Å². The SMILES string of the molecule is CC(N)c1cn(C(=O)OC(C)(C)C)cn1.O=C(O)C(=O)O. The lowest BCUT2D eigenvalue weighted by atomic mass is 10.2. The Bertz CT molecular complexity index is 503. The molecule has 0 spiro atoms. The van der Waals surface area contributed by atoms with Crippen molar-refractivity contribution in [2.45, 2.75) is 39.3 Å². The summed E-state index contributed by atoms with van der Waals surface area (Å²) in [7, 11) is 0. The summed E-state index contributed by atoms with van der Waals surface area (Å²) in [6.07, 6.45) is 2.55. The Labute approximate surface area is 121 Å². The van der Waals surface area contributed by atoms with Crippen molar-refractivity contribution in [3.63, 3.8) is 0 Å². The third-order valence-corrected chi connectivity index (χ3v) is 1.86. The Morgan fingerprint density at radius 3 is 2.05 bits per heavy atom. The van der Waals surface area contributed by atoms with Crippen molar-refractivity contribution in [1.29, 1.82) is 0 Å². The Morgan fingerprint density at radius 2 is 1.76 bits per heavy atom. The van der Waals surface area contributed by atoms with Gasteiger partial charge in [0.15, 0.2) is 0 Å². The van der Waals surface area contributed by atoms with Gasteiger partial charge in [-0.25, -0.2) is 23.9 Å². The van der Waals surface area contributed by atoms with Gasteiger partial charge in [-0.3, -0.25) is 0 Å². The number of aromatic nitrogens is 2. The molecule has 0 radical (unpaired) electrons. The molecule has 0 aromatic carbocycles. The van der Waals surface area contributed by atoms with Crippen LogP contribution in [-0.4, -0.2) is 43.4 Å². The summed E-state index contributed by atoms with van der Waals surface area (Å²) >= 11 is 0. The zero-order chi connectivity index (χ0) is 16.8. The van der Waals surface area contributed by atoms with E-state index >= 15 is 0 Å². The molecule has 1 rings (SSSR count). The number of rotatable bonds is 1. The Hall–Kier alpha value is -2.42. The highest BCUT2D eigenvalue weighted by Crippen LogP contribution is 2.11. The number of aliphatic carboxylic acids is 2. The topological polar surface area (TPSA) is 145 Å². The van der Waals surface area contributed by atoms with E-state index < -0.39 is 23.6 Å². The van der Waals surface area contributed by atoms with Gasteiger partial charge >= 0.3 is 18.0 Å². The van der Waals surface area contributed by atoms with E-state index in [0.29, 0.717) is 5.69 Å². The van der Waals surface area contributed by atoms with Crippen LogP contribution in [0.3, 0.4) is 0 Å². The molecular formula is C12H19N3O6. The standard InChI is InChI=1S/C10H17N3O2.C2H2O4/c1-7(11)8-5-13(6-12-8)9(14)15-10(2,3)4;3-1(4)2(5)6/h5-7H,11H2,1-4H3;(H,3,4)(H,5,6). The van der Waals surface area contributed by atoms with E-state index in [4.69, 9.17) is 30.3 Å². The van der Waals surface area contributed by atoms with Gasteiger partial charge in [0.05, 0.1) is 5.69 Å². The molecule has 1 unspecified atom stereocenters. The van der Waals surface area contributed by atoms with Crippen molar-refractivity contribution >= 4 is 18.0 Å². The lowest BCUT2D eigenvalue weighted by Gasteiger charge is -2.19. The van der Waals surface area contributed by atoms with E-state index in [-0.39, 0.29) is 6.04 Å². The molecule has 0 fully saturated rings. The third-order valence-electron chi connectivity index (χ3n) is 1.86. The van der Waals surface area contributed by atoms with Crippen molar-refractivity contribution < 1.29 is 29.3 Å². The molecule has 0 amide bonds. The van der Waals surface area contributed by atoms with Gasteiger partial charge in [-0.05, 0) is 27.7 Å². The molecule has 9 heteroatoms. The second kappa shape index (κ2) is 7.39. The molecule has 1 aromatic heterocycles. The average Bonchev–Trinajstić information content (AvgIpc) is 2.76. The number of ether oxygens (including phenoxy) is 1. The summed E-state index contributed by atoms with van der Waals surface area (Å²) in [5.41, 5.74) is 5.79. The molecule has 0 aliphatic rings.